The normalized spacial score (nSPS) is 27.4. The molecule has 0 saturated heterocycles. The highest BCUT2D eigenvalue weighted by molar-refractivity contribution is 5.74. The number of esters is 1. The van der Waals surface area contributed by atoms with Gasteiger partial charge in [-0.05, 0) is 38.1 Å². The van der Waals surface area contributed by atoms with Gasteiger partial charge in [-0.25, -0.2) is 4.79 Å². The van der Waals surface area contributed by atoms with Gasteiger partial charge < -0.3 is 15.6 Å². The molecular formula is C12H23NO3. The molecule has 94 valence electrons. The number of hydrogen-bond acceptors (Lipinski definition) is 4. The van der Waals surface area contributed by atoms with Crippen LogP contribution >= 0.6 is 0 Å². The smallest absolute Gasteiger partial charge is 0.335 e. The average Bonchev–Trinajstić information content (AvgIpc) is 2.29. The number of nitrogens with two attached hydrogens (primary N) is 1. The fourth-order valence-electron chi connectivity index (χ4n) is 2.24. The van der Waals surface area contributed by atoms with Gasteiger partial charge in [0.25, 0.3) is 0 Å². The van der Waals surface area contributed by atoms with Gasteiger partial charge in [-0.3, -0.25) is 0 Å². The van der Waals surface area contributed by atoms with E-state index in [-0.39, 0.29) is 12.5 Å². The van der Waals surface area contributed by atoms with Crippen LogP contribution in [-0.2, 0) is 9.53 Å². The van der Waals surface area contributed by atoms with Gasteiger partial charge in [0.05, 0.1) is 0 Å². The second-order valence-corrected chi connectivity index (χ2v) is 4.59. The Kier molecular flexibility index (Phi) is 5.77. The lowest BCUT2D eigenvalue weighted by molar-refractivity contribution is -0.161. The maximum Gasteiger partial charge on any atom is 0.335 e. The summed E-state index contributed by atoms with van der Waals surface area (Å²) in [6.45, 7) is 2.47. The van der Waals surface area contributed by atoms with Gasteiger partial charge in [0.2, 0.25) is 0 Å². The molecule has 1 fully saturated rings. The van der Waals surface area contributed by atoms with Gasteiger partial charge in [0.15, 0.2) is 6.10 Å². The van der Waals surface area contributed by atoms with Gasteiger partial charge in [-0.15, -0.1) is 0 Å². The lowest BCUT2D eigenvalue weighted by atomic mass is 9.85. The van der Waals surface area contributed by atoms with Crippen molar-refractivity contribution in [1.82, 2.24) is 0 Å². The molecule has 0 aromatic rings. The van der Waals surface area contributed by atoms with Crippen molar-refractivity contribution in [1.29, 1.82) is 0 Å². The minimum Gasteiger partial charge on any atom is -0.460 e. The molecule has 3 N–H and O–H groups in total. The molecule has 0 heterocycles. The van der Waals surface area contributed by atoms with E-state index in [9.17, 15) is 9.90 Å². The number of carbonyl (C=O) groups excluding carboxylic acids is 1. The summed E-state index contributed by atoms with van der Waals surface area (Å²) in [6.07, 6.45) is 4.59. The molecule has 1 aliphatic carbocycles. The maximum absolute atomic E-state index is 11.5. The Morgan fingerprint density at radius 3 is 2.94 bits per heavy atom. The summed E-state index contributed by atoms with van der Waals surface area (Å²) in [4.78, 5) is 11.5. The van der Waals surface area contributed by atoms with Crippen LogP contribution in [0.4, 0.5) is 0 Å². The second-order valence-electron chi connectivity index (χ2n) is 4.59. The molecule has 1 rings (SSSR count). The molecule has 0 aromatic carbocycles. The first-order valence-corrected chi connectivity index (χ1v) is 6.26. The zero-order chi connectivity index (χ0) is 12.0. The summed E-state index contributed by atoms with van der Waals surface area (Å²) >= 11 is 0. The van der Waals surface area contributed by atoms with Gasteiger partial charge >= 0.3 is 5.97 Å². The predicted molar refractivity (Wildman–Crippen MR) is 61.8 cm³/mol. The Balaban J connectivity index is 2.32. The molecule has 0 aromatic heterocycles. The molecule has 0 bridgehead atoms. The highest BCUT2D eigenvalue weighted by atomic mass is 16.6. The van der Waals surface area contributed by atoms with E-state index in [4.69, 9.17) is 10.5 Å². The van der Waals surface area contributed by atoms with Crippen LogP contribution in [0.15, 0.2) is 0 Å². The Hall–Kier alpha value is -0.610. The van der Waals surface area contributed by atoms with Crippen LogP contribution in [0, 0.1) is 5.92 Å². The van der Waals surface area contributed by atoms with Crippen LogP contribution in [0.1, 0.15) is 45.4 Å². The fourth-order valence-corrected chi connectivity index (χ4v) is 2.24. The summed E-state index contributed by atoms with van der Waals surface area (Å²) in [5, 5.41) is 9.42. The largest absolute Gasteiger partial charge is 0.460 e. The lowest BCUT2D eigenvalue weighted by Gasteiger charge is -2.28. The summed E-state index contributed by atoms with van der Waals surface area (Å²) in [7, 11) is 0. The number of ether oxygens (including phenoxy) is 1. The maximum atomic E-state index is 11.5. The minimum atomic E-state index is -1.05. The summed E-state index contributed by atoms with van der Waals surface area (Å²) < 4.78 is 5.29. The van der Waals surface area contributed by atoms with Crippen LogP contribution in [0.5, 0.6) is 0 Å². The molecule has 0 aliphatic heterocycles. The van der Waals surface area contributed by atoms with Gasteiger partial charge in [0, 0.05) is 0 Å². The van der Waals surface area contributed by atoms with E-state index in [1.807, 2.05) is 0 Å². The van der Waals surface area contributed by atoms with E-state index >= 15 is 0 Å². The molecule has 16 heavy (non-hydrogen) atoms. The van der Waals surface area contributed by atoms with Crippen molar-refractivity contribution in [3.8, 4) is 0 Å². The molecule has 0 spiro atoms. The number of aliphatic hydroxyl groups excluding tert-OH is 1. The Morgan fingerprint density at radius 2 is 2.31 bits per heavy atom. The lowest BCUT2D eigenvalue weighted by Crippen LogP contribution is -2.32. The highest BCUT2D eigenvalue weighted by Crippen LogP contribution is 2.28. The summed E-state index contributed by atoms with van der Waals surface area (Å²) in [5.74, 6) is 0.158. The number of aliphatic hydroxyl groups is 1. The van der Waals surface area contributed by atoms with Crippen molar-refractivity contribution in [3.05, 3.63) is 0 Å². The molecule has 3 atom stereocenters. The summed E-state index contributed by atoms with van der Waals surface area (Å²) in [6, 6.07) is 0. The van der Waals surface area contributed by atoms with E-state index < -0.39 is 12.1 Å². The van der Waals surface area contributed by atoms with Gasteiger partial charge in [0.1, 0.15) is 6.10 Å². The average molecular weight is 229 g/mol. The summed E-state index contributed by atoms with van der Waals surface area (Å²) in [5.41, 5.74) is 5.28. The molecule has 2 unspecified atom stereocenters. The second kappa shape index (κ2) is 6.86. The third-order valence-electron chi connectivity index (χ3n) is 3.31. The van der Waals surface area contributed by atoms with Crippen molar-refractivity contribution in [2.75, 3.05) is 6.54 Å². The monoisotopic (exact) mass is 229 g/mol. The van der Waals surface area contributed by atoms with E-state index in [0.29, 0.717) is 12.5 Å². The van der Waals surface area contributed by atoms with Crippen LogP contribution in [-0.4, -0.2) is 29.8 Å². The van der Waals surface area contributed by atoms with E-state index in [1.54, 1.807) is 0 Å². The SMILES string of the molecule is CCC1CCCC(OC(=O)[C@@H](O)CCN)C1. The first-order chi connectivity index (χ1) is 7.67. The van der Waals surface area contributed by atoms with Gasteiger partial charge in [-0.2, -0.15) is 0 Å². The third kappa shape index (κ3) is 4.10. The van der Waals surface area contributed by atoms with Crippen LogP contribution in [0.3, 0.4) is 0 Å². The first-order valence-electron chi connectivity index (χ1n) is 6.26. The van der Waals surface area contributed by atoms with E-state index in [0.717, 1.165) is 25.7 Å². The molecule has 4 heteroatoms. The fraction of sp³-hybridized carbons (Fsp3) is 0.917. The molecule has 0 amide bonds. The molecular weight excluding hydrogens is 206 g/mol. The molecule has 0 radical (unpaired) electrons. The van der Waals surface area contributed by atoms with E-state index in [1.165, 1.54) is 6.42 Å². The third-order valence-corrected chi connectivity index (χ3v) is 3.31. The number of hydrogen-bond donors (Lipinski definition) is 2. The zero-order valence-corrected chi connectivity index (χ0v) is 10.0. The molecule has 1 aliphatic rings. The first kappa shape index (κ1) is 13.5. The quantitative estimate of drug-likeness (QED) is 0.695. The number of rotatable bonds is 5. The minimum absolute atomic E-state index is 0.00127. The highest BCUT2D eigenvalue weighted by Gasteiger charge is 2.26. The topological polar surface area (TPSA) is 72.5 Å². The van der Waals surface area contributed by atoms with Crippen LogP contribution in [0.2, 0.25) is 0 Å². The van der Waals surface area contributed by atoms with Crippen LogP contribution < -0.4 is 5.73 Å². The van der Waals surface area contributed by atoms with Crippen molar-refractivity contribution in [3.63, 3.8) is 0 Å². The molecule has 4 nitrogen and oxygen atoms in total. The standard InChI is InChI=1S/C12H23NO3/c1-2-9-4-3-5-10(8-9)16-12(15)11(14)6-7-13/h9-11,14H,2-8,13H2,1H3/t9?,10?,11-/m0/s1. The Morgan fingerprint density at radius 1 is 1.56 bits per heavy atom. The van der Waals surface area contributed by atoms with Crippen molar-refractivity contribution < 1.29 is 14.6 Å². The van der Waals surface area contributed by atoms with Crippen molar-refractivity contribution in [2.24, 2.45) is 11.7 Å². The molecule has 1 saturated carbocycles. The van der Waals surface area contributed by atoms with Crippen LogP contribution in [0.25, 0.3) is 0 Å². The van der Waals surface area contributed by atoms with E-state index in [2.05, 4.69) is 6.92 Å². The Labute approximate surface area is 97.2 Å². The number of carbonyl (C=O) groups is 1. The van der Waals surface area contributed by atoms with Gasteiger partial charge in [-0.1, -0.05) is 19.8 Å². The Bertz CT molecular complexity index is 220. The van der Waals surface area contributed by atoms with Crippen molar-refractivity contribution >= 4 is 5.97 Å². The predicted octanol–water partition coefficient (Wildman–Crippen LogP) is 1.21. The van der Waals surface area contributed by atoms with Crippen molar-refractivity contribution in [2.45, 2.75) is 57.7 Å². The zero-order valence-electron chi connectivity index (χ0n) is 10.0.